The lowest BCUT2D eigenvalue weighted by molar-refractivity contribution is -0.589. The van der Waals surface area contributed by atoms with E-state index in [-0.39, 0.29) is 19.6 Å². The van der Waals surface area contributed by atoms with E-state index in [9.17, 15) is 30.6 Å². The zero-order chi connectivity index (χ0) is 23.3. The molecule has 0 aromatic carbocycles. The first-order chi connectivity index (χ1) is 13.6. The van der Waals surface area contributed by atoms with Crippen molar-refractivity contribution in [1.82, 2.24) is 29.4 Å². The van der Waals surface area contributed by atoms with E-state index in [0.29, 0.717) is 53.6 Å². The molecular formula is C18H42N6O6. The Labute approximate surface area is 179 Å². The number of nitrogens with zero attached hydrogens (tertiary/aromatic N) is 6. The highest BCUT2D eigenvalue weighted by Crippen LogP contribution is 2.39. The fraction of sp³-hybridized carbons (Fsp3) is 1.00. The Morgan fingerprint density at radius 3 is 0.833 bits per heavy atom. The van der Waals surface area contributed by atoms with Gasteiger partial charge in [0, 0.05) is 19.6 Å². The van der Waals surface area contributed by atoms with Crippen molar-refractivity contribution in [1.29, 1.82) is 0 Å². The maximum absolute atomic E-state index is 10.8. The molecule has 0 unspecified atom stereocenters. The predicted molar refractivity (Wildman–Crippen MR) is 111 cm³/mol. The van der Waals surface area contributed by atoms with Gasteiger partial charge in [0.1, 0.15) is 0 Å². The van der Waals surface area contributed by atoms with Gasteiger partial charge in [-0.3, -0.25) is 0 Å². The molecule has 1 fully saturated rings. The number of aliphatic hydroxyl groups is 6. The molecule has 0 aliphatic carbocycles. The average Bonchev–Trinajstić information content (AvgIpc) is 2.56. The van der Waals surface area contributed by atoms with Crippen molar-refractivity contribution in [3.63, 3.8) is 0 Å². The van der Waals surface area contributed by atoms with Crippen molar-refractivity contribution < 1.29 is 30.6 Å². The summed E-state index contributed by atoms with van der Waals surface area (Å²) >= 11 is 0. The van der Waals surface area contributed by atoms with E-state index in [4.69, 9.17) is 0 Å². The van der Waals surface area contributed by atoms with Gasteiger partial charge < -0.3 is 45.3 Å². The van der Waals surface area contributed by atoms with Gasteiger partial charge in [-0.05, 0) is 81.2 Å². The smallest absolute Gasteiger partial charge is 0.302 e. The third-order valence-corrected chi connectivity index (χ3v) is 5.13. The Morgan fingerprint density at radius 2 is 0.667 bits per heavy atom. The maximum atomic E-state index is 10.8. The minimum atomic E-state index is -3.00. The maximum Gasteiger partial charge on any atom is 0.302 e. The lowest BCUT2D eigenvalue weighted by Gasteiger charge is -2.61. The van der Waals surface area contributed by atoms with Gasteiger partial charge in [-0.2, -0.15) is 14.7 Å². The molecule has 0 aromatic heterocycles. The normalized spacial score (nSPS) is 22.5. The zero-order valence-electron chi connectivity index (χ0n) is 19.2. The Kier molecular flexibility index (Phi) is 10.0. The summed E-state index contributed by atoms with van der Waals surface area (Å²) in [5, 5.41) is 65.0. The van der Waals surface area contributed by atoms with Gasteiger partial charge in [-0.15, -0.1) is 0 Å². The summed E-state index contributed by atoms with van der Waals surface area (Å²) in [7, 11) is 11.1. The largest absolute Gasteiger partial charge is 0.340 e. The van der Waals surface area contributed by atoms with Crippen LogP contribution in [-0.4, -0.2) is 160 Å². The highest BCUT2D eigenvalue weighted by Gasteiger charge is 2.67. The molecule has 0 atom stereocenters. The molecule has 0 bridgehead atoms. The van der Waals surface area contributed by atoms with E-state index >= 15 is 0 Å². The molecule has 0 spiro atoms. The molecule has 0 saturated carbocycles. The molecule has 0 aromatic rings. The first-order valence-electron chi connectivity index (χ1n) is 10.3. The van der Waals surface area contributed by atoms with E-state index in [0.717, 1.165) is 0 Å². The van der Waals surface area contributed by atoms with E-state index in [1.54, 1.807) is 0 Å². The molecule has 12 heteroatoms. The van der Waals surface area contributed by atoms with Gasteiger partial charge in [-0.1, -0.05) is 0 Å². The molecule has 1 aliphatic rings. The van der Waals surface area contributed by atoms with Crippen molar-refractivity contribution in [3.8, 4) is 0 Å². The van der Waals surface area contributed by atoms with Crippen molar-refractivity contribution >= 4 is 0 Å². The lowest BCUT2D eigenvalue weighted by Crippen LogP contribution is -2.87. The van der Waals surface area contributed by atoms with Gasteiger partial charge in [0.25, 0.3) is 0 Å². The van der Waals surface area contributed by atoms with Crippen molar-refractivity contribution in [2.24, 2.45) is 0 Å². The van der Waals surface area contributed by atoms with Crippen LogP contribution in [0.4, 0.5) is 0 Å². The Morgan fingerprint density at radius 1 is 0.467 bits per heavy atom. The molecule has 1 saturated heterocycles. The SMILES string of the molecule is CN(C)CCCN1C(O)(O)N(CCCN(C)C)C(O)(O)N(CCCN(C)C)C1(O)O. The molecule has 1 aliphatic heterocycles. The summed E-state index contributed by atoms with van der Waals surface area (Å²) in [6.07, 6.45) is 1.17. The second kappa shape index (κ2) is 10.9. The summed E-state index contributed by atoms with van der Waals surface area (Å²) in [4.78, 5) is 7.63. The van der Waals surface area contributed by atoms with E-state index in [1.165, 1.54) is 0 Å². The van der Waals surface area contributed by atoms with Gasteiger partial charge in [0.15, 0.2) is 0 Å². The summed E-state index contributed by atoms with van der Waals surface area (Å²) in [6, 6.07) is -8.99. The number of hydrogen-bond acceptors (Lipinski definition) is 12. The zero-order valence-corrected chi connectivity index (χ0v) is 19.2. The molecule has 30 heavy (non-hydrogen) atoms. The Hall–Kier alpha value is -0.480. The summed E-state index contributed by atoms with van der Waals surface area (Å²) in [5.74, 6) is 0. The first-order valence-corrected chi connectivity index (χ1v) is 10.3. The van der Waals surface area contributed by atoms with E-state index in [1.807, 2.05) is 57.0 Å². The highest BCUT2D eigenvalue weighted by atomic mass is 16.7. The molecule has 1 heterocycles. The third kappa shape index (κ3) is 6.76. The fourth-order valence-corrected chi connectivity index (χ4v) is 3.58. The summed E-state index contributed by atoms with van der Waals surface area (Å²) in [6.45, 7) is 1.36. The molecular weight excluding hydrogens is 396 g/mol. The van der Waals surface area contributed by atoms with Crippen LogP contribution < -0.4 is 0 Å². The minimum Gasteiger partial charge on any atom is -0.340 e. The quantitative estimate of drug-likeness (QED) is 0.169. The van der Waals surface area contributed by atoms with Crippen molar-refractivity contribution in [2.45, 2.75) is 37.4 Å². The van der Waals surface area contributed by atoms with Gasteiger partial charge >= 0.3 is 18.1 Å². The van der Waals surface area contributed by atoms with Gasteiger partial charge in [0.05, 0.1) is 0 Å². The van der Waals surface area contributed by atoms with Crippen LogP contribution in [0.5, 0.6) is 0 Å². The molecule has 1 rings (SSSR count). The fourth-order valence-electron chi connectivity index (χ4n) is 3.58. The second-order valence-electron chi connectivity index (χ2n) is 8.73. The minimum absolute atomic E-state index is 0.109. The van der Waals surface area contributed by atoms with Crippen LogP contribution in [-0.2, 0) is 0 Å². The topological polar surface area (TPSA) is 141 Å². The predicted octanol–water partition coefficient (Wildman–Crippen LogP) is -3.45. The second-order valence-corrected chi connectivity index (χ2v) is 8.73. The van der Waals surface area contributed by atoms with E-state index < -0.39 is 18.1 Å². The standard InChI is InChI=1S/C18H42N6O6/c1-19(2)10-7-13-22-16(25,26)23(14-8-11-20(3)4)18(29,30)24(17(22,27)28)15-9-12-21(5)6/h25-30H,7-15H2,1-6H3. The molecule has 6 N–H and O–H groups in total. The Balaban J connectivity index is 3.21. The summed E-state index contributed by atoms with van der Waals surface area (Å²) in [5.41, 5.74) is 0. The third-order valence-electron chi connectivity index (χ3n) is 5.13. The average molecular weight is 439 g/mol. The van der Waals surface area contributed by atoms with Gasteiger partial charge in [0.2, 0.25) is 0 Å². The van der Waals surface area contributed by atoms with E-state index in [2.05, 4.69) is 0 Å². The molecule has 12 nitrogen and oxygen atoms in total. The highest BCUT2D eigenvalue weighted by molar-refractivity contribution is 4.90. The van der Waals surface area contributed by atoms with Crippen LogP contribution in [0.2, 0.25) is 0 Å². The van der Waals surface area contributed by atoms with Gasteiger partial charge in [-0.25, -0.2) is 0 Å². The number of rotatable bonds is 12. The monoisotopic (exact) mass is 438 g/mol. The van der Waals surface area contributed by atoms with Crippen LogP contribution in [0, 0.1) is 0 Å². The Bertz CT molecular complexity index is 428. The van der Waals surface area contributed by atoms with Crippen LogP contribution >= 0.6 is 0 Å². The molecule has 0 radical (unpaired) electrons. The summed E-state index contributed by atoms with van der Waals surface area (Å²) < 4.78 is 0. The van der Waals surface area contributed by atoms with Crippen LogP contribution in [0.1, 0.15) is 19.3 Å². The van der Waals surface area contributed by atoms with Crippen LogP contribution in [0.25, 0.3) is 0 Å². The van der Waals surface area contributed by atoms with Crippen molar-refractivity contribution in [2.75, 3.05) is 81.6 Å². The van der Waals surface area contributed by atoms with Crippen molar-refractivity contribution in [3.05, 3.63) is 0 Å². The first kappa shape index (κ1) is 27.6. The number of hydrogen-bond donors (Lipinski definition) is 6. The van der Waals surface area contributed by atoms with Crippen LogP contribution in [0.15, 0.2) is 0 Å². The molecule has 180 valence electrons. The lowest BCUT2D eigenvalue weighted by atomic mass is 10.2. The van der Waals surface area contributed by atoms with Crippen LogP contribution in [0.3, 0.4) is 0 Å². The molecule has 0 amide bonds.